The van der Waals surface area contributed by atoms with Gasteiger partial charge in [0.15, 0.2) is 0 Å². The van der Waals surface area contributed by atoms with E-state index in [1.54, 1.807) is 0 Å². The minimum absolute atomic E-state index is 0.233. The van der Waals surface area contributed by atoms with Gasteiger partial charge in [0, 0.05) is 21.7 Å². The van der Waals surface area contributed by atoms with Crippen LogP contribution in [0.4, 0.5) is 4.39 Å². The molecule has 1 saturated carbocycles. The maximum absolute atomic E-state index is 19.0. The molecule has 0 saturated heterocycles. The molecule has 3 aromatic carbocycles. The van der Waals surface area contributed by atoms with E-state index in [1.807, 2.05) is 30.3 Å². The summed E-state index contributed by atoms with van der Waals surface area (Å²) in [5.74, 6) is 0. The summed E-state index contributed by atoms with van der Waals surface area (Å²) in [6.07, 6.45) is 2.92. The fraction of sp³-hybridized carbons (Fsp3) is 0.486. The third kappa shape index (κ3) is 2.92. The molecule has 1 aliphatic carbocycles. The first-order chi connectivity index (χ1) is 16.9. The van der Waals surface area contributed by atoms with Gasteiger partial charge in [-0.05, 0) is 34.9 Å². The van der Waals surface area contributed by atoms with Crippen molar-refractivity contribution in [1.82, 2.24) is 0 Å². The molecule has 0 nitrogen and oxygen atoms in total. The van der Waals surface area contributed by atoms with Gasteiger partial charge in [-0.1, -0.05) is 153 Å². The van der Waals surface area contributed by atoms with E-state index in [0.717, 1.165) is 24.8 Å². The zero-order valence-electron chi connectivity index (χ0n) is 23.7. The first-order valence-corrected chi connectivity index (χ1v) is 13.8. The molecule has 3 aromatic rings. The first kappa shape index (κ1) is 26.6. The van der Waals surface area contributed by atoms with E-state index in [4.69, 9.17) is 0 Å². The predicted molar refractivity (Wildman–Crippen MR) is 152 cm³/mol. The first-order valence-electron chi connectivity index (χ1n) is 13.8. The normalized spacial score (nSPS) is 33.2. The quantitative estimate of drug-likeness (QED) is 0.326. The highest BCUT2D eigenvalue weighted by atomic mass is 19.1. The highest BCUT2D eigenvalue weighted by Crippen LogP contribution is 2.81. The Labute approximate surface area is 219 Å². The molecule has 0 bridgehead atoms. The molecule has 1 aliphatic rings. The molecule has 4 atom stereocenters. The van der Waals surface area contributed by atoms with Crippen LogP contribution in [0.5, 0.6) is 0 Å². The lowest BCUT2D eigenvalue weighted by atomic mass is 9.26. The molecular weight excluding hydrogens is 439 g/mol. The third-order valence-electron chi connectivity index (χ3n) is 11.2. The average Bonchev–Trinajstić information content (AvgIpc) is 2.89. The van der Waals surface area contributed by atoms with Crippen LogP contribution in [0.3, 0.4) is 0 Å². The second-order valence-electron chi connectivity index (χ2n) is 12.5. The van der Waals surface area contributed by atoms with E-state index in [-0.39, 0.29) is 5.41 Å². The molecule has 0 N–H and O–H groups in total. The lowest BCUT2D eigenvalue weighted by Gasteiger charge is -2.78. The van der Waals surface area contributed by atoms with E-state index < -0.39 is 27.3 Å². The Morgan fingerprint density at radius 1 is 0.556 bits per heavy atom. The molecule has 0 aliphatic heterocycles. The van der Waals surface area contributed by atoms with Crippen molar-refractivity contribution in [3.8, 4) is 0 Å². The standard InChI is InChI=1S/C35H45F/c1-9-26-32(7)33(8,27-20-14-11-15-21-27)30(3,4)35(36,29-24-18-13-19-25-29)31(5,6)34(32,10-2)28-22-16-12-17-23-28/h11-25H,9-10,26H2,1-8H3. The van der Waals surface area contributed by atoms with Crippen molar-refractivity contribution in [2.45, 2.75) is 91.2 Å². The van der Waals surface area contributed by atoms with Gasteiger partial charge in [-0.25, -0.2) is 4.39 Å². The van der Waals surface area contributed by atoms with Gasteiger partial charge in [0.25, 0.3) is 0 Å². The topological polar surface area (TPSA) is 0 Å². The number of alkyl halides is 1. The fourth-order valence-corrected chi connectivity index (χ4v) is 9.47. The van der Waals surface area contributed by atoms with Crippen LogP contribution in [0.25, 0.3) is 0 Å². The molecule has 0 heterocycles. The van der Waals surface area contributed by atoms with Gasteiger partial charge in [0.1, 0.15) is 5.67 Å². The molecule has 4 unspecified atom stereocenters. The number of benzene rings is 3. The van der Waals surface area contributed by atoms with Gasteiger partial charge >= 0.3 is 0 Å². The lowest BCUT2D eigenvalue weighted by molar-refractivity contribution is -0.270. The summed E-state index contributed by atoms with van der Waals surface area (Å²) in [5.41, 5.74) is -0.894. The SMILES string of the molecule is CCCC1(C)C(C)(c2ccccc2)C(C)(C)C(F)(c2ccccc2)C(C)(C)C1(CC)c1ccccc1. The summed E-state index contributed by atoms with van der Waals surface area (Å²) >= 11 is 0. The Hall–Kier alpha value is -2.41. The second kappa shape index (κ2) is 8.86. The molecule has 192 valence electrons. The van der Waals surface area contributed by atoms with Crippen LogP contribution < -0.4 is 0 Å². The lowest BCUT2D eigenvalue weighted by Crippen LogP contribution is -2.78. The van der Waals surface area contributed by atoms with Gasteiger partial charge in [-0.15, -0.1) is 0 Å². The number of hydrogen-bond donors (Lipinski definition) is 0. The zero-order chi connectivity index (χ0) is 26.5. The van der Waals surface area contributed by atoms with Gasteiger partial charge in [0.2, 0.25) is 0 Å². The molecule has 1 heteroatoms. The van der Waals surface area contributed by atoms with E-state index >= 15 is 4.39 Å². The zero-order valence-corrected chi connectivity index (χ0v) is 23.7. The smallest absolute Gasteiger partial charge is 0.147 e. The highest BCUT2D eigenvalue weighted by molar-refractivity contribution is 5.49. The summed E-state index contributed by atoms with van der Waals surface area (Å²) in [6.45, 7) is 18.3. The van der Waals surface area contributed by atoms with Crippen molar-refractivity contribution in [3.63, 3.8) is 0 Å². The highest BCUT2D eigenvalue weighted by Gasteiger charge is 2.81. The monoisotopic (exact) mass is 484 g/mol. The summed E-state index contributed by atoms with van der Waals surface area (Å²) < 4.78 is 19.0. The van der Waals surface area contributed by atoms with Crippen molar-refractivity contribution in [2.24, 2.45) is 16.2 Å². The predicted octanol–water partition coefficient (Wildman–Crippen LogP) is 10.0. The van der Waals surface area contributed by atoms with Crippen LogP contribution >= 0.6 is 0 Å². The minimum atomic E-state index is -1.61. The maximum Gasteiger partial charge on any atom is 0.147 e. The summed E-state index contributed by atoms with van der Waals surface area (Å²) in [4.78, 5) is 0. The Balaban J connectivity index is 2.27. The maximum atomic E-state index is 19.0. The second-order valence-corrected chi connectivity index (χ2v) is 12.5. The van der Waals surface area contributed by atoms with Crippen molar-refractivity contribution >= 4 is 0 Å². The minimum Gasteiger partial charge on any atom is -0.237 e. The van der Waals surface area contributed by atoms with Gasteiger partial charge in [-0.2, -0.15) is 0 Å². The summed E-state index contributed by atoms with van der Waals surface area (Å²) in [7, 11) is 0. The number of hydrogen-bond acceptors (Lipinski definition) is 0. The Morgan fingerprint density at radius 3 is 1.39 bits per heavy atom. The largest absolute Gasteiger partial charge is 0.237 e. The van der Waals surface area contributed by atoms with E-state index in [0.29, 0.717) is 0 Å². The Morgan fingerprint density at radius 2 is 0.972 bits per heavy atom. The molecule has 0 amide bonds. The van der Waals surface area contributed by atoms with Crippen molar-refractivity contribution < 1.29 is 4.39 Å². The van der Waals surface area contributed by atoms with Crippen molar-refractivity contribution in [3.05, 3.63) is 108 Å². The molecule has 36 heavy (non-hydrogen) atoms. The van der Waals surface area contributed by atoms with Crippen LogP contribution in [0.2, 0.25) is 0 Å². The Bertz CT molecular complexity index is 1170. The molecule has 1 fully saturated rings. The molecule has 0 radical (unpaired) electrons. The van der Waals surface area contributed by atoms with E-state index in [1.165, 1.54) is 11.1 Å². The van der Waals surface area contributed by atoms with Crippen LogP contribution in [0, 0.1) is 16.2 Å². The molecular formula is C35H45F. The molecule has 0 spiro atoms. The molecule has 0 aromatic heterocycles. The van der Waals surface area contributed by atoms with Gasteiger partial charge in [0.05, 0.1) is 0 Å². The van der Waals surface area contributed by atoms with E-state index in [9.17, 15) is 0 Å². The number of rotatable bonds is 6. The van der Waals surface area contributed by atoms with Crippen LogP contribution in [-0.4, -0.2) is 0 Å². The molecule has 4 rings (SSSR count). The summed E-state index contributed by atoms with van der Waals surface area (Å²) in [6, 6.07) is 31.7. The van der Waals surface area contributed by atoms with Crippen molar-refractivity contribution in [1.29, 1.82) is 0 Å². The summed E-state index contributed by atoms with van der Waals surface area (Å²) in [5, 5.41) is 0. The number of halogens is 1. The Kier molecular flexibility index (Phi) is 6.56. The van der Waals surface area contributed by atoms with Gasteiger partial charge in [-0.3, -0.25) is 0 Å². The average molecular weight is 485 g/mol. The van der Waals surface area contributed by atoms with Crippen molar-refractivity contribution in [2.75, 3.05) is 0 Å². The van der Waals surface area contributed by atoms with E-state index in [2.05, 4.69) is 116 Å². The van der Waals surface area contributed by atoms with Crippen LogP contribution in [0.1, 0.15) is 91.3 Å². The van der Waals surface area contributed by atoms with Crippen LogP contribution in [0.15, 0.2) is 91.0 Å². The third-order valence-corrected chi connectivity index (χ3v) is 11.2. The van der Waals surface area contributed by atoms with Gasteiger partial charge < -0.3 is 0 Å². The van der Waals surface area contributed by atoms with Crippen LogP contribution in [-0.2, 0) is 16.5 Å². The fourth-order valence-electron chi connectivity index (χ4n) is 9.47.